The van der Waals surface area contributed by atoms with Gasteiger partial charge in [0.15, 0.2) is 5.82 Å². The normalized spacial score (nSPS) is 11.2. The zero-order valence-corrected chi connectivity index (χ0v) is 11.3. The second kappa shape index (κ2) is 4.20. The van der Waals surface area contributed by atoms with E-state index >= 15 is 0 Å². The van der Waals surface area contributed by atoms with E-state index in [1.165, 1.54) is 11.3 Å². The predicted molar refractivity (Wildman–Crippen MR) is 74.1 cm³/mol. The molecule has 4 aromatic rings. The number of hydrogen-bond acceptors (Lipinski definition) is 6. The lowest BCUT2D eigenvalue weighted by Gasteiger charge is -1.93. The fourth-order valence-electron chi connectivity index (χ4n) is 1.94. The van der Waals surface area contributed by atoms with Gasteiger partial charge in [-0.15, -0.1) is 10.2 Å². The van der Waals surface area contributed by atoms with Gasteiger partial charge in [-0.2, -0.15) is 14.7 Å². The smallest absolute Gasteiger partial charge is 0.235 e. The SMILES string of the molecule is Cn1cc(-c2nnc3sc(-c4ccncc4)nn23)cn1. The third-order valence-corrected chi connectivity index (χ3v) is 3.83. The summed E-state index contributed by atoms with van der Waals surface area (Å²) in [5.74, 6) is 0.699. The molecular weight excluding hydrogens is 274 g/mol. The number of pyridine rings is 1. The summed E-state index contributed by atoms with van der Waals surface area (Å²) >= 11 is 1.50. The molecule has 0 spiro atoms. The molecule has 0 saturated heterocycles. The third-order valence-electron chi connectivity index (χ3n) is 2.88. The van der Waals surface area contributed by atoms with Gasteiger partial charge in [0.1, 0.15) is 5.01 Å². The Labute approximate surface area is 117 Å². The first-order valence-corrected chi connectivity index (χ1v) is 6.74. The molecule has 98 valence electrons. The molecule has 0 N–H and O–H groups in total. The van der Waals surface area contributed by atoms with Gasteiger partial charge in [-0.3, -0.25) is 9.67 Å². The monoisotopic (exact) mass is 283 g/mol. The van der Waals surface area contributed by atoms with E-state index in [0.29, 0.717) is 5.82 Å². The van der Waals surface area contributed by atoms with E-state index in [2.05, 4.69) is 25.4 Å². The highest BCUT2D eigenvalue weighted by Gasteiger charge is 2.15. The molecule has 0 radical (unpaired) electrons. The Morgan fingerprint density at radius 1 is 1.10 bits per heavy atom. The molecule has 0 fully saturated rings. The second-order valence-electron chi connectivity index (χ2n) is 4.26. The maximum Gasteiger partial charge on any atom is 0.235 e. The molecule has 0 bridgehead atoms. The fraction of sp³-hybridized carbons (Fsp3) is 0.0833. The minimum atomic E-state index is 0.699. The molecule has 0 aliphatic carbocycles. The van der Waals surface area contributed by atoms with Gasteiger partial charge in [0, 0.05) is 31.2 Å². The minimum absolute atomic E-state index is 0.699. The molecule has 0 aromatic carbocycles. The molecule has 0 aliphatic rings. The van der Waals surface area contributed by atoms with Crippen molar-refractivity contribution in [3.05, 3.63) is 36.9 Å². The van der Waals surface area contributed by atoms with Crippen LogP contribution in [0.3, 0.4) is 0 Å². The topological polar surface area (TPSA) is 73.8 Å². The Hall–Kier alpha value is -2.61. The van der Waals surface area contributed by atoms with E-state index in [4.69, 9.17) is 0 Å². The molecule has 4 heterocycles. The molecular formula is C12H9N7S. The Bertz CT molecular complexity index is 874. The highest BCUT2D eigenvalue weighted by Crippen LogP contribution is 2.27. The molecule has 4 aromatic heterocycles. The van der Waals surface area contributed by atoms with E-state index in [0.717, 1.165) is 21.1 Å². The van der Waals surface area contributed by atoms with Crippen LogP contribution in [0.15, 0.2) is 36.9 Å². The lowest BCUT2D eigenvalue weighted by molar-refractivity contribution is 0.768. The first kappa shape index (κ1) is 11.2. The van der Waals surface area contributed by atoms with Gasteiger partial charge in [0.2, 0.25) is 4.96 Å². The maximum atomic E-state index is 4.57. The van der Waals surface area contributed by atoms with Gasteiger partial charge in [-0.05, 0) is 12.1 Å². The van der Waals surface area contributed by atoms with Crippen LogP contribution in [0.2, 0.25) is 0 Å². The fourth-order valence-corrected chi connectivity index (χ4v) is 2.79. The lowest BCUT2D eigenvalue weighted by atomic mass is 10.3. The standard InChI is InChI=1S/C12H9N7S/c1-18-7-9(6-14-18)10-15-16-12-19(10)17-11(20-12)8-2-4-13-5-3-8/h2-7H,1H3. The van der Waals surface area contributed by atoms with Crippen LogP contribution in [0.5, 0.6) is 0 Å². The van der Waals surface area contributed by atoms with Crippen molar-refractivity contribution in [3.63, 3.8) is 0 Å². The van der Waals surface area contributed by atoms with E-state index in [9.17, 15) is 0 Å². The Morgan fingerprint density at radius 2 is 1.95 bits per heavy atom. The lowest BCUT2D eigenvalue weighted by Crippen LogP contribution is -1.90. The van der Waals surface area contributed by atoms with E-state index in [1.807, 2.05) is 25.4 Å². The molecule has 0 unspecified atom stereocenters. The summed E-state index contributed by atoms with van der Waals surface area (Å²) in [7, 11) is 1.87. The highest BCUT2D eigenvalue weighted by molar-refractivity contribution is 7.19. The number of aromatic nitrogens is 7. The molecule has 0 saturated carbocycles. The van der Waals surface area contributed by atoms with Crippen molar-refractivity contribution in [1.29, 1.82) is 0 Å². The first-order valence-electron chi connectivity index (χ1n) is 5.93. The second-order valence-corrected chi connectivity index (χ2v) is 5.22. The van der Waals surface area contributed by atoms with Crippen molar-refractivity contribution >= 4 is 16.3 Å². The number of rotatable bonds is 2. The number of aryl methyl sites for hydroxylation is 1. The summed E-state index contributed by atoms with van der Waals surface area (Å²) < 4.78 is 3.48. The first-order chi connectivity index (χ1) is 9.81. The van der Waals surface area contributed by atoms with Gasteiger partial charge in [-0.1, -0.05) is 11.3 Å². The van der Waals surface area contributed by atoms with Gasteiger partial charge in [-0.25, -0.2) is 0 Å². The van der Waals surface area contributed by atoms with Crippen LogP contribution >= 0.6 is 11.3 Å². The average Bonchev–Trinajstić information content (AvgIpc) is 3.14. The number of fused-ring (bicyclic) bond motifs is 1. The molecule has 20 heavy (non-hydrogen) atoms. The Morgan fingerprint density at radius 3 is 2.70 bits per heavy atom. The van der Waals surface area contributed by atoms with E-state index in [1.54, 1.807) is 27.8 Å². The van der Waals surface area contributed by atoms with Gasteiger partial charge in [0.05, 0.1) is 11.8 Å². The van der Waals surface area contributed by atoms with Crippen molar-refractivity contribution in [2.75, 3.05) is 0 Å². The van der Waals surface area contributed by atoms with Crippen molar-refractivity contribution in [3.8, 4) is 22.0 Å². The van der Waals surface area contributed by atoms with Crippen molar-refractivity contribution in [1.82, 2.24) is 34.6 Å². The van der Waals surface area contributed by atoms with Crippen LogP contribution in [0.25, 0.3) is 26.9 Å². The zero-order valence-electron chi connectivity index (χ0n) is 10.5. The van der Waals surface area contributed by atoms with Crippen LogP contribution < -0.4 is 0 Å². The minimum Gasteiger partial charge on any atom is -0.275 e. The molecule has 0 atom stereocenters. The number of hydrogen-bond donors (Lipinski definition) is 0. The largest absolute Gasteiger partial charge is 0.275 e. The summed E-state index contributed by atoms with van der Waals surface area (Å²) in [5.41, 5.74) is 1.92. The van der Waals surface area contributed by atoms with E-state index < -0.39 is 0 Å². The summed E-state index contributed by atoms with van der Waals surface area (Å²) in [5, 5.41) is 17.9. The summed E-state index contributed by atoms with van der Waals surface area (Å²) in [6.45, 7) is 0. The predicted octanol–water partition coefficient (Wildman–Crippen LogP) is 1.65. The van der Waals surface area contributed by atoms with Gasteiger partial charge < -0.3 is 0 Å². The van der Waals surface area contributed by atoms with Gasteiger partial charge >= 0.3 is 0 Å². The van der Waals surface area contributed by atoms with Crippen molar-refractivity contribution in [2.45, 2.75) is 0 Å². The van der Waals surface area contributed by atoms with E-state index in [-0.39, 0.29) is 0 Å². The molecule has 0 aliphatic heterocycles. The summed E-state index contributed by atoms with van der Waals surface area (Å²) in [6.07, 6.45) is 7.14. The summed E-state index contributed by atoms with van der Waals surface area (Å²) in [6, 6.07) is 3.85. The molecule has 8 heteroatoms. The molecule has 7 nitrogen and oxygen atoms in total. The van der Waals surface area contributed by atoms with Crippen LogP contribution in [0.4, 0.5) is 0 Å². The molecule has 0 amide bonds. The highest BCUT2D eigenvalue weighted by atomic mass is 32.1. The van der Waals surface area contributed by atoms with Crippen LogP contribution in [-0.2, 0) is 7.05 Å². The number of nitrogens with zero attached hydrogens (tertiary/aromatic N) is 7. The van der Waals surface area contributed by atoms with Crippen molar-refractivity contribution < 1.29 is 0 Å². The summed E-state index contributed by atoms with van der Waals surface area (Å²) in [4.78, 5) is 4.77. The van der Waals surface area contributed by atoms with Crippen LogP contribution in [0, 0.1) is 0 Å². The average molecular weight is 283 g/mol. The molecule has 4 rings (SSSR count). The Balaban J connectivity index is 1.87. The van der Waals surface area contributed by atoms with Crippen LogP contribution in [-0.4, -0.2) is 34.6 Å². The zero-order chi connectivity index (χ0) is 13.5. The maximum absolute atomic E-state index is 4.57. The quantitative estimate of drug-likeness (QED) is 0.559. The van der Waals surface area contributed by atoms with Crippen molar-refractivity contribution in [2.24, 2.45) is 7.05 Å². The van der Waals surface area contributed by atoms with Crippen LogP contribution in [0.1, 0.15) is 0 Å². The third kappa shape index (κ3) is 1.69. The van der Waals surface area contributed by atoms with Gasteiger partial charge in [0.25, 0.3) is 0 Å². The Kier molecular flexibility index (Phi) is 2.36.